The summed E-state index contributed by atoms with van der Waals surface area (Å²) in [6.07, 6.45) is -3.71. The maximum atomic E-state index is 13.2. The number of para-hydroxylation sites is 1. The molecule has 0 radical (unpaired) electrons. The van der Waals surface area contributed by atoms with Crippen LogP contribution in [0.2, 0.25) is 0 Å². The first-order chi connectivity index (χ1) is 13.1. The zero-order chi connectivity index (χ0) is 20.1. The van der Waals surface area contributed by atoms with Crippen LogP contribution in [0.1, 0.15) is 5.82 Å². The predicted molar refractivity (Wildman–Crippen MR) is 94.7 cm³/mol. The van der Waals surface area contributed by atoms with E-state index in [4.69, 9.17) is 4.42 Å². The van der Waals surface area contributed by atoms with E-state index >= 15 is 0 Å². The van der Waals surface area contributed by atoms with Gasteiger partial charge >= 0.3 is 6.18 Å². The molecule has 0 spiro atoms. The van der Waals surface area contributed by atoms with Gasteiger partial charge in [0.15, 0.2) is 21.4 Å². The predicted octanol–water partition coefficient (Wildman–Crippen LogP) is 4.10. The van der Waals surface area contributed by atoms with Crippen LogP contribution in [0.4, 0.5) is 13.2 Å². The van der Waals surface area contributed by atoms with Crippen molar-refractivity contribution in [2.45, 2.75) is 11.1 Å². The molecule has 4 rings (SSSR count). The molecule has 2 heterocycles. The van der Waals surface area contributed by atoms with Crippen LogP contribution in [-0.2, 0) is 16.0 Å². The normalized spacial score (nSPS) is 12.6. The number of hydrogen-bond acceptors (Lipinski definition) is 5. The van der Waals surface area contributed by atoms with E-state index in [-0.39, 0.29) is 22.2 Å². The van der Waals surface area contributed by atoms with Gasteiger partial charge < -0.3 is 4.42 Å². The lowest BCUT2D eigenvalue weighted by atomic mass is 10.2. The Bertz CT molecular complexity index is 1240. The third-order valence-corrected chi connectivity index (χ3v) is 5.14. The first kappa shape index (κ1) is 18.2. The van der Waals surface area contributed by atoms with Crippen molar-refractivity contribution in [1.29, 1.82) is 0 Å². The molecular weight excluding hydrogens is 395 g/mol. The molecule has 144 valence electrons. The molecule has 0 N–H and O–H groups in total. The van der Waals surface area contributed by atoms with Gasteiger partial charge in [0.05, 0.1) is 10.6 Å². The number of sulfone groups is 1. The summed E-state index contributed by atoms with van der Waals surface area (Å²) in [6.45, 7) is 0. The van der Waals surface area contributed by atoms with Gasteiger partial charge in [-0.05, 0) is 36.4 Å². The highest BCUT2D eigenvalue weighted by Gasteiger charge is 2.38. The zero-order valence-electron chi connectivity index (χ0n) is 14.3. The number of hydrogen-bond donors (Lipinski definition) is 0. The molecule has 0 fully saturated rings. The summed E-state index contributed by atoms with van der Waals surface area (Å²) in [6, 6.07) is 13.8. The van der Waals surface area contributed by atoms with Crippen molar-refractivity contribution in [2.24, 2.45) is 0 Å². The van der Waals surface area contributed by atoms with Crippen LogP contribution in [0.5, 0.6) is 0 Å². The molecule has 0 unspecified atom stereocenters. The first-order valence-corrected chi connectivity index (χ1v) is 9.86. The maximum Gasteiger partial charge on any atom is 0.453 e. The van der Waals surface area contributed by atoms with Gasteiger partial charge in [-0.1, -0.05) is 18.2 Å². The van der Waals surface area contributed by atoms with Crippen molar-refractivity contribution >= 4 is 20.8 Å². The van der Waals surface area contributed by atoms with E-state index in [9.17, 15) is 21.6 Å². The summed E-state index contributed by atoms with van der Waals surface area (Å²) in [5, 5.41) is 4.26. The zero-order valence-corrected chi connectivity index (χ0v) is 15.1. The maximum absolute atomic E-state index is 13.2. The van der Waals surface area contributed by atoms with Crippen molar-refractivity contribution in [1.82, 2.24) is 14.8 Å². The van der Waals surface area contributed by atoms with Gasteiger partial charge in [0.1, 0.15) is 5.58 Å². The van der Waals surface area contributed by atoms with Gasteiger partial charge in [0, 0.05) is 11.6 Å². The molecule has 0 bridgehead atoms. The number of rotatable bonds is 3. The molecule has 2 aromatic heterocycles. The minimum atomic E-state index is -4.75. The fraction of sp³-hybridized carbons (Fsp3) is 0.111. The van der Waals surface area contributed by atoms with Gasteiger partial charge in [-0.15, -0.1) is 5.10 Å². The Morgan fingerprint density at radius 2 is 1.71 bits per heavy atom. The number of alkyl halides is 3. The van der Waals surface area contributed by atoms with Crippen LogP contribution in [0, 0.1) is 0 Å². The third-order valence-electron chi connectivity index (χ3n) is 4.02. The second kappa shape index (κ2) is 6.20. The molecule has 0 saturated carbocycles. The van der Waals surface area contributed by atoms with Gasteiger partial charge in [-0.25, -0.2) is 13.1 Å². The lowest BCUT2D eigenvalue weighted by Gasteiger charge is -2.05. The quantitative estimate of drug-likeness (QED) is 0.511. The second-order valence-corrected chi connectivity index (χ2v) is 8.10. The van der Waals surface area contributed by atoms with Crippen LogP contribution in [0.25, 0.3) is 28.2 Å². The number of halogens is 3. The largest absolute Gasteiger partial charge is 0.453 e. The molecule has 2 aromatic carbocycles. The Kier molecular flexibility index (Phi) is 4.03. The van der Waals surface area contributed by atoms with E-state index in [1.165, 1.54) is 24.3 Å². The summed E-state index contributed by atoms with van der Waals surface area (Å²) in [4.78, 5) is 3.65. The molecule has 10 heteroatoms. The van der Waals surface area contributed by atoms with Gasteiger partial charge in [0.2, 0.25) is 0 Å². The lowest BCUT2D eigenvalue weighted by Crippen LogP contribution is -2.08. The number of nitrogens with zero attached hydrogens (tertiary/aromatic N) is 3. The van der Waals surface area contributed by atoms with Crippen molar-refractivity contribution < 1.29 is 26.0 Å². The molecule has 6 nitrogen and oxygen atoms in total. The average molecular weight is 407 g/mol. The Labute approximate surface area is 157 Å². The molecule has 0 saturated heterocycles. The van der Waals surface area contributed by atoms with Crippen molar-refractivity contribution in [3.05, 3.63) is 60.4 Å². The van der Waals surface area contributed by atoms with Crippen molar-refractivity contribution in [3.63, 3.8) is 0 Å². The third kappa shape index (κ3) is 3.26. The molecule has 4 aromatic rings. The van der Waals surface area contributed by atoms with E-state index in [1.54, 1.807) is 30.3 Å². The SMILES string of the molecule is CS(=O)(=O)c1ccc(-n2nc(C(F)(F)F)nc2-c2cc3ccccc3o2)cc1. The molecule has 0 atom stereocenters. The van der Waals surface area contributed by atoms with Crippen LogP contribution in [-0.4, -0.2) is 29.4 Å². The van der Waals surface area contributed by atoms with E-state index in [0.29, 0.717) is 11.0 Å². The van der Waals surface area contributed by atoms with Gasteiger partial charge in [0.25, 0.3) is 5.82 Å². The van der Waals surface area contributed by atoms with E-state index in [1.807, 2.05) is 0 Å². The standard InChI is InChI=1S/C18H12F3N3O3S/c1-28(25,26)13-8-6-12(7-9-13)24-16(22-17(23-24)18(19,20)21)15-10-11-4-2-3-5-14(11)27-15/h2-10H,1H3. The fourth-order valence-electron chi connectivity index (χ4n) is 2.70. The summed E-state index contributed by atoms with van der Waals surface area (Å²) in [7, 11) is -3.44. The molecule has 0 aliphatic heterocycles. The monoisotopic (exact) mass is 407 g/mol. The highest BCUT2D eigenvalue weighted by Crippen LogP contribution is 2.32. The van der Waals surface area contributed by atoms with Crippen molar-refractivity contribution in [2.75, 3.05) is 6.26 Å². The minimum Gasteiger partial charge on any atom is -0.453 e. The summed E-state index contributed by atoms with van der Waals surface area (Å²) in [5.41, 5.74) is 0.707. The molecule has 0 amide bonds. The minimum absolute atomic E-state index is 0.0395. The number of furan rings is 1. The highest BCUT2D eigenvalue weighted by molar-refractivity contribution is 7.90. The molecule has 28 heavy (non-hydrogen) atoms. The summed E-state index contributed by atoms with van der Waals surface area (Å²) in [5.74, 6) is -1.36. The fourth-order valence-corrected chi connectivity index (χ4v) is 3.33. The summed E-state index contributed by atoms with van der Waals surface area (Å²) >= 11 is 0. The Balaban J connectivity index is 1.89. The van der Waals surface area contributed by atoms with Gasteiger partial charge in [-0.3, -0.25) is 0 Å². The topological polar surface area (TPSA) is 78.0 Å². The first-order valence-electron chi connectivity index (χ1n) is 7.97. The van der Waals surface area contributed by atoms with Crippen LogP contribution in [0.15, 0.2) is 63.9 Å². The van der Waals surface area contributed by atoms with E-state index in [2.05, 4.69) is 10.1 Å². The average Bonchev–Trinajstić information content (AvgIpc) is 3.25. The molecular formula is C18H12F3N3O3S. The number of aromatic nitrogens is 3. The highest BCUT2D eigenvalue weighted by atomic mass is 32.2. The Morgan fingerprint density at radius 3 is 2.32 bits per heavy atom. The smallest absolute Gasteiger partial charge is 0.453 e. The number of benzene rings is 2. The Hall–Kier alpha value is -3.14. The lowest BCUT2D eigenvalue weighted by molar-refractivity contribution is -0.144. The van der Waals surface area contributed by atoms with Gasteiger partial charge in [-0.2, -0.15) is 18.2 Å². The summed E-state index contributed by atoms with van der Waals surface area (Å²) < 4.78 is 69.4. The molecule has 0 aliphatic carbocycles. The van der Waals surface area contributed by atoms with Crippen molar-refractivity contribution in [3.8, 4) is 17.3 Å². The van der Waals surface area contributed by atoms with Crippen LogP contribution in [0.3, 0.4) is 0 Å². The molecule has 0 aliphatic rings. The van der Waals surface area contributed by atoms with Crippen LogP contribution >= 0.6 is 0 Å². The van der Waals surface area contributed by atoms with E-state index < -0.39 is 21.8 Å². The van der Waals surface area contributed by atoms with E-state index in [0.717, 1.165) is 10.9 Å². The number of fused-ring (bicyclic) bond motifs is 1. The Morgan fingerprint density at radius 1 is 1.04 bits per heavy atom. The second-order valence-electron chi connectivity index (χ2n) is 6.08. The van der Waals surface area contributed by atoms with Crippen LogP contribution < -0.4 is 0 Å².